The monoisotopic (exact) mass is 440 g/mol. The second-order valence-corrected chi connectivity index (χ2v) is 10.6. The molecule has 0 saturated carbocycles. The van der Waals surface area contributed by atoms with Gasteiger partial charge >= 0.3 is 0 Å². The van der Waals surface area contributed by atoms with Crippen LogP contribution in [0.5, 0.6) is 0 Å². The lowest BCUT2D eigenvalue weighted by Crippen LogP contribution is -2.41. The van der Waals surface area contributed by atoms with Crippen molar-refractivity contribution in [1.29, 1.82) is 0 Å². The minimum Gasteiger partial charge on any atom is -0.363 e. The Hall–Kier alpha value is -2.52. The summed E-state index contributed by atoms with van der Waals surface area (Å²) in [6.07, 6.45) is 11.7. The van der Waals surface area contributed by atoms with E-state index >= 15 is 0 Å². The fourth-order valence-corrected chi connectivity index (χ4v) is 5.79. The molecule has 9 heteroatoms. The third-order valence-corrected chi connectivity index (χ3v) is 7.84. The van der Waals surface area contributed by atoms with E-state index < -0.39 is 10.0 Å². The normalized spacial score (nSPS) is 21.7. The van der Waals surface area contributed by atoms with Crippen molar-refractivity contribution in [1.82, 2.24) is 19.3 Å². The molecule has 2 aromatic heterocycles. The number of nitrogens with zero attached hydrogens (tertiary/aromatic N) is 6. The first-order chi connectivity index (χ1) is 14.9. The molecule has 4 heterocycles. The molecular weight excluding hydrogens is 412 g/mol. The molecule has 1 fully saturated rings. The Bertz CT molecular complexity index is 1130. The average molecular weight is 441 g/mol. The Morgan fingerprint density at radius 3 is 2.77 bits per heavy atom. The third kappa shape index (κ3) is 3.80. The van der Waals surface area contributed by atoms with Crippen LogP contribution in [0.4, 0.5) is 11.5 Å². The first-order valence-corrected chi connectivity index (χ1v) is 12.7. The summed E-state index contributed by atoms with van der Waals surface area (Å²) in [4.78, 5) is 18.5. The maximum Gasteiger partial charge on any atom is 0.211 e. The molecule has 0 bridgehead atoms. The average Bonchev–Trinajstić information content (AvgIpc) is 3.08. The van der Waals surface area contributed by atoms with Gasteiger partial charge in [-0.2, -0.15) is 0 Å². The van der Waals surface area contributed by atoms with E-state index in [-0.39, 0.29) is 0 Å². The van der Waals surface area contributed by atoms with Crippen molar-refractivity contribution in [2.24, 2.45) is 0 Å². The van der Waals surface area contributed by atoms with Gasteiger partial charge in [0.1, 0.15) is 12.1 Å². The summed E-state index contributed by atoms with van der Waals surface area (Å²) in [6.45, 7) is 5.45. The minimum absolute atomic E-state index is 0.320. The second-order valence-electron chi connectivity index (χ2n) is 8.60. The lowest BCUT2D eigenvalue weighted by atomic mass is 9.98. The van der Waals surface area contributed by atoms with Gasteiger partial charge in [0, 0.05) is 74.6 Å². The number of aromatic nitrogens is 3. The summed E-state index contributed by atoms with van der Waals surface area (Å²) < 4.78 is 25.6. The highest BCUT2D eigenvalue weighted by Crippen LogP contribution is 2.36. The molecule has 0 unspecified atom stereocenters. The zero-order chi connectivity index (χ0) is 21.6. The quantitative estimate of drug-likeness (QED) is 0.720. The molecule has 0 N–H and O–H groups in total. The standard InChI is InChI=1S/C22H28N6O2S/c1-16-13-20-18(14-28(16)21-7-8-23-19-6-3-5-17(19)21)22(25-15-24-20)26-9-4-10-27(12-11-26)31(2,29)30/h3,5,7-8,15-16H,4,6,9-14H2,1-2H3/t16-/m1/s1. The zero-order valence-electron chi connectivity index (χ0n) is 18.0. The van der Waals surface area contributed by atoms with E-state index in [2.05, 4.69) is 49.9 Å². The van der Waals surface area contributed by atoms with E-state index in [4.69, 9.17) is 0 Å². The van der Waals surface area contributed by atoms with Gasteiger partial charge in [-0.05, 0) is 19.4 Å². The number of hydrogen-bond donors (Lipinski definition) is 0. The number of pyridine rings is 1. The Balaban J connectivity index is 1.46. The van der Waals surface area contributed by atoms with Crippen molar-refractivity contribution in [3.05, 3.63) is 47.2 Å². The summed E-state index contributed by atoms with van der Waals surface area (Å²) in [5.74, 6) is 0.943. The van der Waals surface area contributed by atoms with Crippen LogP contribution in [0.25, 0.3) is 6.08 Å². The molecule has 0 spiro atoms. The molecule has 1 aliphatic carbocycles. The molecule has 3 aliphatic rings. The maximum atomic E-state index is 12.0. The molecule has 1 atom stereocenters. The van der Waals surface area contributed by atoms with Crippen LogP contribution in [0.3, 0.4) is 0 Å². The fraction of sp³-hybridized carbons (Fsp3) is 0.500. The SMILES string of the molecule is C[C@@H]1Cc2ncnc(N3CCCN(S(C)(=O)=O)CC3)c2CN1c1ccnc2c1C=CC2. The molecule has 31 heavy (non-hydrogen) atoms. The Morgan fingerprint density at radius 2 is 1.94 bits per heavy atom. The smallest absolute Gasteiger partial charge is 0.211 e. The van der Waals surface area contributed by atoms with Gasteiger partial charge in [-0.3, -0.25) is 4.98 Å². The zero-order valence-corrected chi connectivity index (χ0v) is 18.8. The highest BCUT2D eigenvalue weighted by atomic mass is 32.2. The van der Waals surface area contributed by atoms with Gasteiger partial charge in [0.05, 0.1) is 17.6 Å². The van der Waals surface area contributed by atoms with Crippen LogP contribution < -0.4 is 9.80 Å². The molecule has 5 rings (SSSR count). The van der Waals surface area contributed by atoms with Crippen LogP contribution in [0.2, 0.25) is 0 Å². The van der Waals surface area contributed by atoms with E-state index in [0.717, 1.165) is 55.1 Å². The van der Waals surface area contributed by atoms with Crippen molar-refractivity contribution in [3.63, 3.8) is 0 Å². The lowest BCUT2D eigenvalue weighted by molar-refractivity contribution is 0.437. The molecule has 0 amide bonds. The van der Waals surface area contributed by atoms with Gasteiger partial charge in [-0.1, -0.05) is 12.2 Å². The van der Waals surface area contributed by atoms with Crippen molar-refractivity contribution >= 4 is 27.6 Å². The van der Waals surface area contributed by atoms with E-state index in [0.29, 0.717) is 25.7 Å². The Labute approximate surface area is 183 Å². The predicted octanol–water partition coefficient (Wildman–Crippen LogP) is 1.86. The number of anilines is 2. The molecular formula is C22H28N6O2S. The van der Waals surface area contributed by atoms with E-state index in [9.17, 15) is 8.42 Å². The molecule has 164 valence electrons. The molecule has 1 saturated heterocycles. The fourth-order valence-electron chi connectivity index (χ4n) is 4.91. The van der Waals surface area contributed by atoms with E-state index in [1.54, 1.807) is 10.6 Å². The van der Waals surface area contributed by atoms with Crippen molar-refractivity contribution < 1.29 is 8.42 Å². The first-order valence-electron chi connectivity index (χ1n) is 10.9. The van der Waals surface area contributed by atoms with Gasteiger partial charge in [0.25, 0.3) is 0 Å². The molecule has 2 aromatic rings. The van der Waals surface area contributed by atoms with Gasteiger partial charge in [-0.25, -0.2) is 22.7 Å². The highest BCUT2D eigenvalue weighted by Gasteiger charge is 2.31. The van der Waals surface area contributed by atoms with Crippen LogP contribution >= 0.6 is 0 Å². The van der Waals surface area contributed by atoms with Crippen LogP contribution in [0, 0.1) is 0 Å². The molecule has 2 aliphatic heterocycles. The molecule has 0 aromatic carbocycles. The summed E-state index contributed by atoms with van der Waals surface area (Å²) in [5, 5.41) is 0. The number of rotatable bonds is 3. The highest BCUT2D eigenvalue weighted by molar-refractivity contribution is 7.88. The van der Waals surface area contributed by atoms with Crippen molar-refractivity contribution in [2.45, 2.75) is 38.8 Å². The second kappa shape index (κ2) is 7.87. The summed E-state index contributed by atoms with van der Waals surface area (Å²) in [6, 6.07) is 2.43. The van der Waals surface area contributed by atoms with Crippen molar-refractivity contribution in [3.8, 4) is 0 Å². The van der Waals surface area contributed by atoms with Gasteiger partial charge in [0.15, 0.2) is 0 Å². The minimum atomic E-state index is -3.18. The first kappa shape index (κ1) is 20.4. The van der Waals surface area contributed by atoms with Crippen LogP contribution in [0.1, 0.15) is 35.9 Å². The summed E-state index contributed by atoms with van der Waals surface area (Å²) >= 11 is 0. The summed E-state index contributed by atoms with van der Waals surface area (Å²) in [7, 11) is -3.18. The number of allylic oxidation sites excluding steroid dienone is 1. The largest absolute Gasteiger partial charge is 0.363 e. The van der Waals surface area contributed by atoms with Gasteiger partial charge in [-0.15, -0.1) is 0 Å². The van der Waals surface area contributed by atoms with E-state index in [1.165, 1.54) is 17.5 Å². The lowest BCUT2D eigenvalue weighted by Gasteiger charge is -2.38. The summed E-state index contributed by atoms with van der Waals surface area (Å²) in [5.41, 5.74) is 5.81. The van der Waals surface area contributed by atoms with Crippen LogP contribution in [-0.4, -0.2) is 66.2 Å². The number of fused-ring (bicyclic) bond motifs is 2. The third-order valence-electron chi connectivity index (χ3n) is 6.54. The van der Waals surface area contributed by atoms with E-state index in [1.807, 2.05) is 6.20 Å². The predicted molar refractivity (Wildman–Crippen MR) is 122 cm³/mol. The Morgan fingerprint density at radius 1 is 1.06 bits per heavy atom. The number of hydrogen-bond acceptors (Lipinski definition) is 7. The number of sulfonamides is 1. The Kier molecular flexibility index (Phi) is 5.18. The van der Waals surface area contributed by atoms with Gasteiger partial charge < -0.3 is 9.80 Å². The van der Waals surface area contributed by atoms with Gasteiger partial charge in [0.2, 0.25) is 10.0 Å². The van der Waals surface area contributed by atoms with Crippen molar-refractivity contribution in [2.75, 3.05) is 42.2 Å². The maximum absolute atomic E-state index is 12.0. The molecule has 8 nitrogen and oxygen atoms in total. The molecule has 0 radical (unpaired) electrons. The topological polar surface area (TPSA) is 82.5 Å². The van der Waals surface area contributed by atoms with Crippen LogP contribution in [0.15, 0.2) is 24.7 Å². The van der Waals surface area contributed by atoms with Crippen LogP contribution in [-0.2, 0) is 29.4 Å².